The lowest BCUT2D eigenvalue weighted by Crippen LogP contribution is -2.63. The van der Waals surface area contributed by atoms with Gasteiger partial charge in [0.15, 0.2) is 12.6 Å². The van der Waals surface area contributed by atoms with E-state index >= 15 is 0 Å². The summed E-state index contributed by atoms with van der Waals surface area (Å²) in [5, 5.41) is 44.5. The van der Waals surface area contributed by atoms with Gasteiger partial charge in [0.2, 0.25) is 0 Å². The van der Waals surface area contributed by atoms with Crippen molar-refractivity contribution < 1.29 is 48.9 Å². The molecule has 252 valence electrons. The van der Waals surface area contributed by atoms with E-state index in [1.807, 2.05) is 0 Å². The monoisotopic (exact) mass is 632 g/mol. The third-order valence-electron chi connectivity index (χ3n) is 13.6. The fraction of sp³-hybridized carbons (Fsp3) is 0.857. The van der Waals surface area contributed by atoms with Crippen LogP contribution in [0.25, 0.3) is 0 Å². The van der Waals surface area contributed by atoms with E-state index in [4.69, 9.17) is 23.7 Å². The first-order chi connectivity index (χ1) is 21.3. The zero-order chi connectivity index (χ0) is 31.9. The smallest absolute Gasteiger partial charge is 0.331 e. The van der Waals surface area contributed by atoms with Crippen LogP contribution in [0.5, 0.6) is 0 Å². The Morgan fingerprint density at radius 2 is 1.67 bits per heavy atom. The number of cyclic esters (lactones) is 1. The summed E-state index contributed by atoms with van der Waals surface area (Å²) in [6.07, 6.45) is 6.34. The van der Waals surface area contributed by atoms with Crippen LogP contribution in [0.15, 0.2) is 23.8 Å². The molecule has 0 radical (unpaired) electrons. The van der Waals surface area contributed by atoms with Crippen molar-refractivity contribution in [2.75, 3.05) is 6.61 Å². The van der Waals surface area contributed by atoms with Gasteiger partial charge in [0.05, 0.1) is 30.0 Å². The van der Waals surface area contributed by atoms with Gasteiger partial charge in [-0.05, 0) is 112 Å². The lowest BCUT2D eigenvalue weighted by molar-refractivity contribution is -0.332. The van der Waals surface area contributed by atoms with E-state index in [9.17, 15) is 25.2 Å². The van der Waals surface area contributed by atoms with E-state index in [-0.39, 0.29) is 34.7 Å². The first kappa shape index (κ1) is 32.2. The number of aliphatic hydroxyl groups excluding tert-OH is 3. The van der Waals surface area contributed by atoms with Crippen LogP contribution in [-0.2, 0) is 28.5 Å². The molecule has 5 fully saturated rings. The number of rotatable bonds is 5. The molecule has 0 spiro atoms. The van der Waals surface area contributed by atoms with E-state index in [2.05, 4.69) is 13.8 Å². The highest BCUT2D eigenvalue weighted by atomic mass is 16.7. The van der Waals surface area contributed by atoms with Gasteiger partial charge in [-0.25, -0.2) is 4.79 Å². The van der Waals surface area contributed by atoms with Gasteiger partial charge in [-0.15, -0.1) is 0 Å². The molecule has 4 aliphatic carbocycles. The second-order valence-corrected chi connectivity index (χ2v) is 15.7. The van der Waals surface area contributed by atoms with Crippen molar-refractivity contribution in [3.63, 3.8) is 0 Å². The molecule has 3 aliphatic heterocycles. The number of hydrogen-bond donors (Lipinski definition) is 4. The number of carbonyl (C=O) groups is 1. The Bertz CT molecular complexity index is 1200. The van der Waals surface area contributed by atoms with Crippen molar-refractivity contribution in [2.45, 2.75) is 146 Å². The number of aliphatic hydroxyl groups is 4. The fourth-order valence-electron chi connectivity index (χ4n) is 10.9. The first-order valence-electron chi connectivity index (χ1n) is 17.3. The Kier molecular flexibility index (Phi) is 8.33. The predicted octanol–water partition coefficient (Wildman–Crippen LogP) is 3.14. The minimum Gasteiger partial charge on any atom is -0.458 e. The molecule has 10 nitrogen and oxygen atoms in total. The molecule has 7 rings (SSSR count). The third-order valence-corrected chi connectivity index (χ3v) is 13.6. The van der Waals surface area contributed by atoms with Crippen molar-refractivity contribution >= 4 is 5.97 Å². The van der Waals surface area contributed by atoms with Crippen LogP contribution in [0.3, 0.4) is 0 Å². The topological polar surface area (TPSA) is 144 Å². The highest BCUT2D eigenvalue weighted by molar-refractivity contribution is 5.85. The minimum absolute atomic E-state index is 0.0940. The predicted molar refractivity (Wildman–Crippen MR) is 161 cm³/mol. The van der Waals surface area contributed by atoms with E-state index in [1.165, 1.54) is 0 Å². The van der Waals surface area contributed by atoms with Crippen molar-refractivity contribution in [3.8, 4) is 0 Å². The second-order valence-electron chi connectivity index (χ2n) is 15.7. The standard InChI is InChI=1S/C35H52O10/c1-18-26(36)7-8-28(42-18)45-31-29(38)19(2)43-32(30(31)39)44-22-9-12-33(3)21(16-22)5-6-25-24(33)10-13-34(4)23(11-14-35(25,34)40)20-15-27(37)41-17-20/h7-8,15,18-19,21-26,28-32,36,38-40H,5-6,9-14,16-17H2,1-4H3/t18-,19?,21-,22-,23+,24?,25+,26-,28+,29?,30-,31-,32?,33?,34?,35-/m0/s1. The average molecular weight is 633 g/mol. The van der Waals surface area contributed by atoms with Crippen LogP contribution < -0.4 is 0 Å². The number of carbonyl (C=O) groups excluding carboxylic acids is 1. The molecule has 0 amide bonds. The van der Waals surface area contributed by atoms with Gasteiger partial charge in [-0.1, -0.05) is 19.9 Å². The maximum absolute atomic E-state index is 12.5. The lowest BCUT2D eigenvalue weighted by Gasteiger charge is -2.64. The Hall–Kier alpha value is -1.37. The Morgan fingerprint density at radius 1 is 0.867 bits per heavy atom. The average Bonchev–Trinajstić information content (AvgIpc) is 3.55. The molecule has 4 N–H and O–H groups in total. The molecule has 0 bridgehead atoms. The van der Waals surface area contributed by atoms with Crippen LogP contribution in [0.1, 0.15) is 85.5 Å². The largest absolute Gasteiger partial charge is 0.458 e. The third kappa shape index (κ3) is 5.17. The summed E-state index contributed by atoms with van der Waals surface area (Å²) in [5.41, 5.74) is 0.166. The van der Waals surface area contributed by atoms with Crippen molar-refractivity contribution in [3.05, 3.63) is 23.8 Å². The highest BCUT2D eigenvalue weighted by Crippen LogP contribution is 2.70. The highest BCUT2D eigenvalue weighted by Gasteiger charge is 2.67. The van der Waals surface area contributed by atoms with Gasteiger partial charge in [-0.2, -0.15) is 0 Å². The number of esters is 1. The second kappa shape index (κ2) is 11.7. The van der Waals surface area contributed by atoms with Gasteiger partial charge in [0.25, 0.3) is 0 Å². The first-order valence-corrected chi connectivity index (χ1v) is 17.3. The molecule has 4 saturated carbocycles. The van der Waals surface area contributed by atoms with Crippen LogP contribution in [-0.4, -0.2) is 93.9 Å². The van der Waals surface area contributed by atoms with E-state index in [0.717, 1.165) is 63.4 Å². The summed E-state index contributed by atoms with van der Waals surface area (Å²) in [6, 6.07) is 0. The van der Waals surface area contributed by atoms with E-state index < -0.39 is 54.8 Å². The number of hydrogen-bond acceptors (Lipinski definition) is 10. The fourth-order valence-corrected chi connectivity index (χ4v) is 10.9. The summed E-state index contributed by atoms with van der Waals surface area (Å²) in [4.78, 5) is 11.9. The van der Waals surface area contributed by atoms with Crippen molar-refractivity contribution in [1.82, 2.24) is 0 Å². The Morgan fingerprint density at radius 3 is 2.40 bits per heavy atom. The van der Waals surface area contributed by atoms with Gasteiger partial charge in [-0.3, -0.25) is 0 Å². The van der Waals surface area contributed by atoms with Gasteiger partial charge in [0.1, 0.15) is 24.9 Å². The summed E-state index contributed by atoms with van der Waals surface area (Å²) >= 11 is 0. The van der Waals surface area contributed by atoms with Crippen LogP contribution in [0.4, 0.5) is 0 Å². The van der Waals surface area contributed by atoms with Crippen LogP contribution in [0, 0.1) is 34.5 Å². The molecular weight excluding hydrogens is 580 g/mol. The van der Waals surface area contributed by atoms with Gasteiger partial charge in [0, 0.05) is 11.5 Å². The van der Waals surface area contributed by atoms with Crippen molar-refractivity contribution in [2.24, 2.45) is 34.5 Å². The molecule has 10 heteroatoms. The summed E-state index contributed by atoms with van der Waals surface area (Å²) < 4.78 is 29.4. The molecule has 1 saturated heterocycles. The quantitative estimate of drug-likeness (QED) is 0.203. The molecule has 45 heavy (non-hydrogen) atoms. The van der Waals surface area contributed by atoms with Crippen molar-refractivity contribution in [1.29, 1.82) is 0 Å². The molecule has 0 aromatic carbocycles. The SMILES string of the molecule is CC1OC(O[C@H]2CCC3(C)C4CCC5(C)[C@@H](C6=CC(=O)OC6)CC[C@]5(O)[C@@H]4CC[C@H]3C2)[C@@H](O)[C@@H](O[C@@H]2C=C[C@H](O)[C@H](C)O2)C1O. The molecule has 0 aromatic heterocycles. The molecule has 16 atom stereocenters. The van der Waals surface area contributed by atoms with Crippen LogP contribution >= 0.6 is 0 Å². The number of ether oxygens (including phenoxy) is 5. The summed E-state index contributed by atoms with van der Waals surface area (Å²) in [5.74, 6) is 1.04. The Labute approximate surface area is 266 Å². The zero-order valence-corrected chi connectivity index (χ0v) is 27.0. The maximum atomic E-state index is 12.5. The minimum atomic E-state index is -1.21. The zero-order valence-electron chi connectivity index (χ0n) is 27.0. The van der Waals surface area contributed by atoms with E-state index in [1.54, 1.807) is 32.1 Å². The van der Waals surface area contributed by atoms with Crippen LogP contribution in [0.2, 0.25) is 0 Å². The van der Waals surface area contributed by atoms with Gasteiger partial charge < -0.3 is 44.1 Å². The van der Waals surface area contributed by atoms with E-state index in [0.29, 0.717) is 18.4 Å². The summed E-state index contributed by atoms with van der Waals surface area (Å²) in [7, 11) is 0. The molecule has 0 aromatic rings. The molecule has 3 heterocycles. The maximum Gasteiger partial charge on any atom is 0.331 e. The number of fused-ring (bicyclic) bond motifs is 5. The Balaban J connectivity index is 1.01. The summed E-state index contributed by atoms with van der Waals surface area (Å²) in [6.45, 7) is 8.54. The molecule has 6 unspecified atom stereocenters. The molecular formula is C35H52O10. The lowest BCUT2D eigenvalue weighted by atomic mass is 9.43. The van der Waals surface area contributed by atoms with Gasteiger partial charge >= 0.3 is 5.97 Å². The normalized spacial score (nSPS) is 54.5. The molecule has 7 aliphatic rings.